The summed E-state index contributed by atoms with van der Waals surface area (Å²) < 4.78 is 0. The molecular weight excluding hydrogens is 274 g/mol. The summed E-state index contributed by atoms with van der Waals surface area (Å²) >= 11 is 6.32. The highest BCUT2D eigenvalue weighted by atomic mass is 35.5. The van der Waals surface area contributed by atoms with Crippen LogP contribution < -0.4 is 10.2 Å². The van der Waals surface area contributed by atoms with Crippen LogP contribution in [0.3, 0.4) is 0 Å². The third kappa shape index (κ3) is 2.56. The highest BCUT2D eigenvalue weighted by molar-refractivity contribution is 6.32. The quantitative estimate of drug-likeness (QED) is 0.906. The summed E-state index contributed by atoms with van der Waals surface area (Å²) in [6, 6.07) is 1.07. The Morgan fingerprint density at radius 2 is 2.20 bits per heavy atom. The molecule has 2 fully saturated rings. The molecule has 1 aromatic rings. The van der Waals surface area contributed by atoms with Crippen LogP contribution in [0.1, 0.15) is 26.2 Å². The Morgan fingerprint density at radius 1 is 1.35 bits per heavy atom. The van der Waals surface area contributed by atoms with Gasteiger partial charge in [0.2, 0.25) is 5.95 Å². The SMILES string of the molecule is CNc1ncc(Cl)c(N2CC3CCCCN3CC2C)n1. The van der Waals surface area contributed by atoms with Gasteiger partial charge in [-0.15, -0.1) is 0 Å². The van der Waals surface area contributed by atoms with Gasteiger partial charge < -0.3 is 10.2 Å². The van der Waals surface area contributed by atoms with Gasteiger partial charge in [-0.1, -0.05) is 18.0 Å². The second-order valence-corrected chi connectivity index (χ2v) is 6.17. The van der Waals surface area contributed by atoms with Crippen LogP contribution in [0, 0.1) is 0 Å². The Morgan fingerprint density at radius 3 is 3.00 bits per heavy atom. The first-order valence-electron chi connectivity index (χ1n) is 7.40. The van der Waals surface area contributed by atoms with Crippen molar-refractivity contribution in [2.75, 3.05) is 36.9 Å². The molecule has 0 spiro atoms. The first-order chi connectivity index (χ1) is 9.69. The minimum atomic E-state index is 0.432. The van der Waals surface area contributed by atoms with Crippen LogP contribution in [0.2, 0.25) is 5.02 Å². The van der Waals surface area contributed by atoms with Gasteiger partial charge in [-0.25, -0.2) is 4.98 Å². The molecule has 1 N–H and O–H groups in total. The van der Waals surface area contributed by atoms with Crippen LogP contribution in [-0.4, -0.2) is 53.6 Å². The number of aromatic nitrogens is 2. The zero-order valence-corrected chi connectivity index (χ0v) is 12.9. The third-order valence-corrected chi connectivity index (χ3v) is 4.68. The number of piperazine rings is 1. The van der Waals surface area contributed by atoms with Crippen LogP contribution >= 0.6 is 11.6 Å². The predicted octanol–water partition coefficient (Wildman–Crippen LogP) is 2.23. The average Bonchev–Trinajstić information content (AvgIpc) is 2.47. The lowest BCUT2D eigenvalue weighted by molar-refractivity contribution is 0.115. The van der Waals surface area contributed by atoms with E-state index in [9.17, 15) is 0 Å². The molecule has 110 valence electrons. The van der Waals surface area contributed by atoms with Crippen LogP contribution in [0.5, 0.6) is 0 Å². The first-order valence-corrected chi connectivity index (χ1v) is 7.78. The van der Waals surface area contributed by atoms with E-state index in [-0.39, 0.29) is 0 Å². The van der Waals surface area contributed by atoms with Gasteiger partial charge >= 0.3 is 0 Å². The lowest BCUT2D eigenvalue weighted by Gasteiger charge is -2.48. The number of nitrogens with zero attached hydrogens (tertiary/aromatic N) is 4. The molecule has 2 aliphatic rings. The number of anilines is 2. The van der Waals surface area contributed by atoms with E-state index in [1.54, 1.807) is 6.20 Å². The highest BCUT2D eigenvalue weighted by Gasteiger charge is 2.34. The molecule has 0 radical (unpaired) electrons. The molecule has 3 heterocycles. The van der Waals surface area contributed by atoms with Crippen molar-refractivity contribution in [3.63, 3.8) is 0 Å². The highest BCUT2D eigenvalue weighted by Crippen LogP contribution is 2.31. The van der Waals surface area contributed by atoms with Gasteiger partial charge in [-0.2, -0.15) is 4.98 Å². The maximum absolute atomic E-state index is 6.32. The average molecular weight is 296 g/mol. The number of rotatable bonds is 2. The van der Waals surface area contributed by atoms with Crippen molar-refractivity contribution in [2.45, 2.75) is 38.3 Å². The topological polar surface area (TPSA) is 44.3 Å². The van der Waals surface area contributed by atoms with Crippen molar-refractivity contribution in [2.24, 2.45) is 0 Å². The molecule has 2 atom stereocenters. The van der Waals surface area contributed by atoms with Gasteiger partial charge in [0.1, 0.15) is 5.02 Å². The molecule has 0 bridgehead atoms. The zero-order valence-electron chi connectivity index (χ0n) is 12.1. The fourth-order valence-corrected chi connectivity index (χ4v) is 3.53. The van der Waals surface area contributed by atoms with Crippen molar-refractivity contribution in [3.8, 4) is 0 Å². The van der Waals surface area contributed by atoms with Crippen LogP contribution in [-0.2, 0) is 0 Å². The monoisotopic (exact) mass is 295 g/mol. The summed E-state index contributed by atoms with van der Waals surface area (Å²) in [5.41, 5.74) is 0. The summed E-state index contributed by atoms with van der Waals surface area (Å²) in [6.45, 7) is 5.60. The first kappa shape index (κ1) is 13.9. The van der Waals surface area contributed by atoms with E-state index in [1.807, 2.05) is 7.05 Å². The molecule has 2 unspecified atom stereocenters. The maximum Gasteiger partial charge on any atom is 0.224 e. The molecule has 2 saturated heterocycles. The number of piperidine rings is 1. The van der Waals surface area contributed by atoms with Crippen molar-refractivity contribution in [1.29, 1.82) is 0 Å². The Kier molecular flexibility index (Phi) is 3.98. The fraction of sp³-hybridized carbons (Fsp3) is 0.714. The van der Waals surface area contributed by atoms with Gasteiger partial charge in [-0.3, -0.25) is 4.90 Å². The molecule has 0 saturated carbocycles. The predicted molar refractivity (Wildman–Crippen MR) is 82.6 cm³/mol. The Bertz CT molecular complexity index is 481. The molecule has 2 aliphatic heterocycles. The summed E-state index contributed by atoms with van der Waals surface area (Å²) in [5, 5.41) is 3.63. The summed E-state index contributed by atoms with van der Waals surface area (Å²) in [7, 11) is 1.83. The van der Waals surface area contributed by atoms with Gasteiger partial charge in [0.05, 0.1) is 6.20 Å². The van der Waals surface area contributed by atoms with E-state index in [0.29, 0.717) is 23.1 Å². The molecule has 0 amide bonds. The minimum Gasteiger partial charge on any atom is -0.357 e. The van der Waals surface area contributed by atoms with Crippen molar-refractivity contribution < 1.29 is 0 Å². The van der Waals surface area contributed by atoms with Crippen molar-refractivity contribution >= 4 is 23.4 Å². The Labute approximate surface area is 125 Å². The third-order valence-electron chi connectivity index (χ3n) is 4.41. The maximum atomic E-state index is 6.32. The second-order valence-electron chi connectivity index (χ2n) is 5.76. The van der Waals surface area contributed by atoms with Crippen LogP contribution in [0.4, 0.5) is 11.8 Å². The minimum absolute atomic E-state index is 0.432. The van der Waals surface area contributed by atoms with Crippen LogP contribution in [0.25, 0.3) is 0 Å². The van der Waals surface area contributed by atoms with E-state index in [4.69, 9.17) is 11.6 Å². The Balaban J connectivity index is 1.85. The van der Waals surface area contributed by atoms with Crippen molar-refractivity contribution in [3.05, 3.63) is 11.2 Å². The number of fused-ring (bicyclic) bond motifs is 1. The van der Waals surface area contributed by atoms with Gasteiger partial charge in [0.25, 0.3) is 0 Å². The van der Waals surface area contributed by atoms with E-state index < -0.39 is 0 Å². The fourth-order valence-electron chi connectivity index (χ4n) is 3.33. The summed E-state index contributed by atoms with van der Waals surface area (Å²) in [4.78, 5) is 13.7. The Hall–Kier alpha value is -1.07. The van der Waals surface area contributed by atoms with Gasteiger partial charge in [0.15, 0.2) is 5.82 Å². The molecule has 1 aromatic heterocycles. The van der Waals surface area contributed by atoms with E-state index >= 15 is 0 Å². The molecule has 6 heteroatoms. The number of halogens is 1. The van der Waals surface area contributed by atoms with Gasteiger partial charge in [0, 0.05) is 32.2 Å². The lowest BCUT2D eigenvalue weighted by Crippen LogP contribution is -2.59. The van der Waals surface area contributed by atoms with E-state index in [1.165, 1.54) is 25.8 Å². The second kappa shape index (κ2) is 5.74. The van der Waals surface area contributed by atoms with E-state index in [2.05, 4.69) is 32.0 Å². The smallest absolute Gasteiger partial charge is 0.224 e. The summed E-state index contributed by atoms with van der Waals surface area (Å²) in [5.74, 6) is 1.49. The zero-order chi connectivity index (χ0) is 14.1. The molecular formula is C14H22ClN5. The molecule has 0 aliphatic carbocycles. The number of hydrogen-bond acceptors (Lipinski definition) is 5. The van der Waals surface area contributed by atoms with E-state index in [0.717, 1.165) is 18.9 Å². The molecule has 5 nitrogen and oxygen atoms in total. The largest absolute Gasteiger partial charge is 0.357 e. The molecule has 3 rings (SSSR count). The number of hydrogen-bond donors (Lipinski definition) is 1. The molecule has 0 aromatic carbocycles. The standard InChI is InChI=1S/C14H22ClN5/c1-10-8-19-6-4-3-5-11(19)9-20(10)13-12(15)7-17-14(16-2)18-13/h7,10-11H,3-6,8-9H2,1-2H3,(H,16,17,18). The van der Waals surface area contributed by atoms with Crippen LogP contribution in [0.15, 0.2) is 6.20 Å². The number of nitrogens with one attached hydrogen (secondary N) is 1. The normalized spacial score (nSPS) is 27.2. The van der Waals surface area contributed by atoms with Gasteiger partial charge in [-0.05, 0) is 26.3 Å². The molecule has 20 heavy (non-hydrogen) atoms. The lowest BCUT2D eigenvalue weighted by atomic mass is 9.97. The summed E-state index contributed by atoms with van der Waals surface area (Å²) in [6.07, 6.45) is 5.64. The van der Waals surface area contributed by atoms with Crippen molar-refractivity contribution in [1.82, 2.24) is 14.9 Å².